The second-order valence-corrected chi connectivity index (χ2v) is 5.60. The van der Waals surface area contributed by atoms with E-state index in [1.165, 1.54) is 6.33 Å². The summed E-state index contributed by atoms with van der Waals surface area (Å²) >= 11 is 0. The number of rotatable bonds is 3. The molecule has 1 unspecified atom stereocenters. The van der Waals surface area contributed by atoms with Crippen LogP contribution in [-0.4, -0.2) is 20.7 Å². The fourth-order valence-electron chi connectivity index (χ4n) is 2.99. The number of benzene rings is 2. The lowest BCUT2D eigenvalue weighted by Crippen LogP contribution is -2.40. The van der Waals surface area contributed by atoms with Gasteiger partial charge in [-0.2, -0.15) is 10.1 Å². The summed E-state index contributed by atoms with van der Waals surface area (Å²) in [6.45, 7) is 0.514. The SMILES string of the molecule is O=C1CC(c2ccccc2)n2ncnc2N1Cc1ccccc1. The molecule has 0 aliphatic carbocycles. The Balaban J connectivity index is 1.70. The van der Waals surface area contributed by atoms with Gasteiger partial charge in [-0.15, -0.1) is 0 Å². The lowest BCUT2D eigenvalue weighted by molar-refractivity contribution is -0.120. The number of hydrogen-bond acceptors (Lipinski definition) is 3. The van der Waals surface area contributed by atoms with Crippen LogP contribution in [-0.2, 0) is 11.3 Å². The zero-order valence-electron chi connectivity index (χ0n) is 12.5. The van der Waals surface area contributed by atoms with E-state index in [0.29, 0.717) is 18.9 Å². The summed E-state index contributed by atoms with van der Waals surface area (Å²) in [6.07, 6.45) is 1.91. The molecular formula is C18H16N4O. The highest BCUT2D eigenvalue weighted by atomic mass is 16.2. The Hall–Kier alpha value is -2.95. The van der Waals surface area contributed by atoms with Gasteiger partial charge in [-0.05, 0) is 11.1 Å². The first-order valence-corrected chi connectivity index (χ1v) is 7.61. The molecule has 0 fully saturated rings. The van der Waals surface area contributed by atoms with Crippen molar-refractivity contribution in [3.8, 4) is 0 Å². The van der Waals surface area contributed by atoms with Crippen molar-refractivity contribution < 1.29 is 4.79 Å². The molecule has 23 heavy (non-hydrogen) atoms. The molecule has 5 nitrogen and oxygen atoms in total. The third kappa shape index (κ3) is 2.50. The molecule has 1 aliphatic rings. The second-order valence-electron chi connectivity index (χ2n) is 5.60. The van der Waals surface area contributed by atoms with Gasteiger partial charge in [-0.1, -0.05) is 60.7 Å². The zero-order valence-corrected chi connectivity index (χ0v) is 12.5. The molecule has 2 aromatic carbocycles. The molecule has 0 bridgehead atoms. The largest absolute Gasteiger partial charge is 0.276 e. The Kier molecular flexibility index (Phi) is 3.38. The predicted octanol–water partition coefficient (Wildman–Crippen LogP) is 2.80. The molecule has 0 saturated carbocycles. The van der Waals surface area contributed by atoms with Crippen molar-refractivity contribution in [2.24, 2.45) is 0 Å². The van der Waals surface area contributed by atoms with Crippen LogP contribution in [0.2, 0.25) is 0 Å². The van der Waals surface area contributed by atoms with E-state index < -0.39 is 0 Å². The predicted molar refractivity (Wildman–Crippen MR) is 86.9 cm³/mol. The number of fused-ring (bicyclic) bond motifs is 1. The molecule has 0 spiro atoms. The molecule has 0 saturated heterocycles. The van der Waals surface area contributed by atoms with Crippen LogP contribution < -0.4 is 4.90 Å². The van der Waals surface area contributed by atoms with Gasteiger partial charge in [0.2, 0.25) is 11.9 Å². The maximum absolute atomic E-state index is 12.7. The van der Waals surface area contributed by atoms with Gasteiger partial charge in [0.15, 0.2) is 0 Å². The van der Waals surface area contributed by atoms with Crippen molar-refractivity contribution in [1.82, 2.24) is 14.8 Å². The van der Waals surface area contributed by atoms with Crippen molar-refractivity contribution in [2.45, 2.75) is 19.0 Å². The number of carbonyl (C=O) groups excluding carboxylic acids is 1. The topological polar surface area (TPSA) is 51.0 Å². The zero-order chi connectivity index (χ0) is 15.6. The number of carbonyl (C=O) groups is 1. The van der Waals surface area contributed by atoms with Gasteiger partial charge < -0.3 is 0 Å². The average Bonchev–Trinajstić information content (AvgIpc) is 3.08. The molecular weight excluding hydrogens is 288 g/mol. The molecule has 0 radical (unpaired) electrons. The molecule has 3 aromatic rings. The smallest absolute Gasteiger partial charge is 0.232 e. The third-order valence-corrected chi connectivity index (χ3v) is 4.13. The highest BCUT2D eigenvalue weighted by Crippen LogP contribution is 2.32. The van der Waals surface area contributed by atoms with Gasteiger partial charge >= 0.3 is 0 Å². The standard InChI is InChI=1S/C18H16N4O/c23-17-11-16(15-9-5-2-6-10-15)22-18(19-13-20-22)21(17)12-14-7-3-1-4-8-14/h1-10,13,16H,11-12H2. The van der Waals surface area contributed by atoms with E-state index in [1.807, 2.05) is 65.3 Å². The van der Waals surface area contributed by atoms with Crippen LogP contribution in [0.4, 0.5) is 5.95 Å². The molecule has 5 heteroatoms. The van der Waals surface area contributed by atoms with E-state index in [0.717, 1.165) is 11.1 Å². The Labute approximate surface area is 134 Å². The van der Waals surface area contributed by atoms with Gasteiger partial charge in [-0.3, -0.25) is 9.69 Å². The van der Waals surface area contributed by atoms with Crippen molar-refractivity contribution >= 4 is 11.9 Å². The third-order valence-electron chi connectivity index (χ3n) is 4.13. The van der Waals surface area contributed by atoms with Crippen LogP contribution in [0.15, 0.2) is 67.0 Å². The average molecular weight is 304 g/mol. The summed E-state index contributed by atoms with van der Waals surface area (Å²) in [7, 11) is 0. The minimum atomic E-state index is -0.0896. The van der Waals surface area contributed by atoms with Crippen LogP contribution in [0.1, 0.15) is 23.6 Å². The molecule has 2 heterocycles. The number of nitrogens with zero attached hydrogens (tertiary/aromatic N) is 4. The first kappa shape index (κ1) is 13.7. The Bertz CT molecular complexity index is 813. The van der Waals surface area contributed by atoms with Crippen LogP contribution in [0.25, 0.3) is 0 Å². The van der Waals surface area contributed by atoms with E-state index in [4.69, 9.17) is 0 Å². The maximum atomic E-state index is 12.7. The summed E-state index contributed by atoms with van der Waals surface area (Å²) in [6, 6.07) is 19.8. The normalized spacial score (nSPS) is 17.1. The Morgan fingerprint density at radius 1 is 1.00 bits per heavy atom. The Morgan fingerprint density at radius 2 is 1.70 bits per heavy atom. The van der Waals surface area contributed by atoms with E-state index in [-0.39, 0.29) is 11.9 Å². The van der Waals surface area contributed by atoms with Gasteiger partial charge in [-0.25, -0.2) is 4.68 Å². The van der Waals surface area contributed by atoms with Gasteiger partial charge in [0.25, 0.3) is 0 Å². The minimum absolute atomic E-state index is 0.0724. The van der Waals surface area contributed by atoms with E-state index in [1.54, 1.807) is 4.90 Å². The van der Waals surface area contributed by atoms with E-state index in [2.05, 4.69) is 10.1 Å². The molecule has 4 rings (SSSR count). The highest BCUT2D eigenvalue weighted by Gasteiger charge is 2.33. The van der Waals surface area contributed by atoms with E-state index >= 15 is 0 Å². The fraction of sp³-hybridized carbons (Fsp3) is 0.167. The van der Waals surface area contributed by atoms with Crippen LogP contribution in [0.5, 0.6) is 0 Å². The molecule has 1 aliphatic heterocycles. The van der Waals surface area contributed by atoms with Crippen LogP contribution in [0.3, 0.4) is 0 Å². The minimum Gasteiger partial charge on any atom is -0.276 e. The van der Waals surface area contributed by atoms with Gasteiger partial charge in [0.1, 0.15) is 6.33 Å². The molecule has 114 valence electrons. The highest BCUT2D eigenvalue weighted by molar-refractivity contribution is 5.93. The second kappa shape index (κ2) is 5.68. The monoisotopic (exact) mass is 304 g/mol. The summed E-state index contributed by atoms with van der Waals surface area (Å²) in [5, 5.41) is 4.35. The maximum Gasteiger partial charge on any atom is 0.232 e. The van der Waals surface area contributed by atoms with Crippen LogP contribution >= 0.6 is 0 Å². The first-order valence-electron chi connectivity index (χ1n) is 7.61. The number of amides is 1. The molecule has 1 aromatic heterocycles. The lowest BCUT2D eigenvalue weighted by Gasteiger charge is -2.31. The van der Waals surface area contributed by atoms with E-state index in [9.17, 15) is 4.79 Å². The lowest BCUT2D eigenvalue weighted by atomic mass is 10.0. The Morgan fingerprint density at radius 3 is 2.43 bits per heavy atom. The van der Waals surface area contributed by atoms with Crippen molar-refractivity contribution in [3.05, 3.63) is 78.1 Å². The summed E-state index contributed by atoms with van der Waals surface area (Å²) in [5.41, 5.74) is 2.15. The van der Waals surface area contributed by atoms with Gasteiger partial charge in [0.05, 0.1) is 19.0 Å². The van der Waals surface area contributed by atoms with Crippen molar-refractivity contribution in [3.63, 3.8) is 0 Å². The number of hydrogen-bond donors (Lipinski definition) is 0. The van der Waals surface area contributed by atoms with Crippen LogP contribution in [0, 0.1) is 0 Å². The first-order chi connectivity index (χ1) is 11.3. The van der Waals surface area contributed by atoms with Crippen molar-refractivity contribution in [1.29, 1.82) is 0 Å². The molecule has 1 amide bonds. The quantitative estimate of drug-likeness (QED) is 0.747. The van der Waals surface area contributed by atoms with Crippen molar-refractivity contribution in [2.75, 3.05) is 4.90 Å². The summed E-state index contributed by atoms with van der Waals surface area (Å²) in [4.78, 5) is 18.7. The fourth-order valence-corrected chi connectivity index (χ4v) is 2.99. The number of aromatic nitrogens is 3. The molecule has 1 atom stereocenters. The molecule has 0 N–H and O–H groups in total. The summed E-state index contributed by atoms with van der Waals surface area (Å²) < 4.78 is 1.85. The summed E-state index contributed by atoms with van der Waals surface area (Å²) in [5.74, 6) is 0.683. The van der Waals surface area contributed by atoms with Gasteiger partial charge in [0, 0.05) is 0 Å². The number of anilines is 1.